The van der Waals surface area contributed by atoms with Gasteiger partial charge in [-0.3, -0.25) is 9.48 Å². The fourth-order valence-corrected chi connectivity index (χ4v) is 2.79. The smallest absolute Gasteiger partial charge is 0.387 e. The molecule has 0 atom stereocenters. The van der Waals surface area contributed by atoms with E-state index in [0.717, 1.165) is 11.1 Å². The van der Waals surface area contributed by atoms with Crippen LogP contribution in [0.4, 0.5) is 8.78 Å². The number of methoxy groups -OCH3 is 1. The Labute approximate surface area is 160 Å². The summed E-state index contributed by atoms with van der Waals surface area (Å²) in [6, 6.07) is 13.8. The lowest BCUT2D eigenvalue weighted by molar-refractivity contribution is -0.0515. The Bertz CT molecular complexity index is 930. The van der Waals surface area contributed by atoms with Gasteiger partial charge in [0, 0.05) is 18.9 Å². The normalized spacial score (nSPS) is 10.7. The minimum atomic E-state index is -3.07. The molecular weight excluding hydrogens is 368 g/mol. The topological polar surface area (TPSA) is 65.4 Å². The van der Waals surface area contributed by atoms with Gasteiger partial charge < -0.3 is 14.8 Å². The van der Waals surface area contributed by atoms with E-state index in [2.05, 4.69) is 15.2 Å². The first-order valence-corrected chi connectivity index (χ1v) is 8.52. The van der Waals surface area contributed by atoms with E-state index >= 15 is 0 Å². The number of rotatable bonds is 8. The second-order valence-corrected chi connectivity index (χ2v) is 5.87. The summed E-state index contributed by atoms with van der Waals surface area (Å²) < 4.78 is 36.8. The molecule has 0 aliphatic carbocycles. The molecule has 8 heteroatoms. The standard InChI is InChI=1S/C20H19F2N3O3/c1-27-17-9-4-8-16(18(17)28-20(21)22)19(26)23-12-14-6-2-3-7-15(14)13-25-11-5-10-24-25/h2-11,20H,12-13H2,1H3,(H,23,26). The number of carbonyl (C=O) groups is 1. The quantitative estimate of drug-likeness (QED) is 0.643. The predicted octanol–water partition coefficient (Wildman–Crippen LogP) is 3.47. The van der Waals surface area contributed by atoms with Crippen molar-refractivity contribution in [2.75, 3.05) is 7.11 Å². The van der Waals surface area contributed by atoms with Crippen LogP contribution in [-0.4, -0.2) is 29.4 Å². The summed E-state index contributed by atoms with van der Waals surface area (Å²) in [5, 5.41) is 6.93. The number of aromatic nitrogens is 2. The monoisotopic (exact) mass is 387 g/mol. The fourth-order valence-electron chi connectivity index (χ4n) is 2.79. The van der Waals surface area contributed by atoms with Crippen LogP contribution in [0.25, 0.3) is 0 Å². The van der Waals surface area contributed by atoms with Crippen LogP contribution in [0.1, 0.15) is 21.5 Å². The summed E-state index contributed by atoms with van der Waals surface area (Å²) in [7, 11) is 1.32. The largest absolute Gasteiger partial charge is 0.493 e. The lowest BCUT2D eigenvalue weighted by Crippen LogP contribution is -2.25. The van der Waals surface area contributed by atoms with Crippen molar-refractivity contribution in [2.45, 2.75) is 19.7 Å². The first-order chi connectivity index (χ1) is 13.6. The Morgan fingerprint density at radius 3 is 2.61 bits per heavy atom. The molecule has 0 bridgehead atoms. The molecule has 146 valence electrons. The second-order valence-electron chi connectivity index (χ2n) is 5.87. The predicted molar refractivity (Wildman–Crippen MR) is 98.6 cm³/mol. The van der Waals surface area contributed by atoms with Crippen molar-refractivity contribution in [1.82, 2.24) is 15.1 Å². The molecule has 28 heavy (non-hydrogen) atoms. The molecule has 0 unspecified atom stereocenters. The molecule has 0 saturated heterocycles. The van der Waals surface area contributed by atoms with Gasteiger partial charge in [0.15, 0.2) is 11.5 Å². The van der Waals surface area contributed by atoms with Crippen molar-refractivity contribution < 1.29 is 23.0 Å². The number of nitrogens with zero attached hydrogens (tertiary/aromatic N) is 2. The zero-order valence-electron chi connectivity index (χ0n) is 15.1. The van der Waals surface area contributed by atoms with Gasteiger partial charge in [-0.25, -0.2) is 0 Å². The molecule has 0 aliphatic heterocycles. The SMILES string of the molecule is COc1cccc(C(=O)NCc2ccccc2Cn2cccn2)c1OC(F)F. The summed E-state index contributed by atoms with van der Waals surface area (Å²) in [5.41, 5.74) is 1.86. The van der Waals surface area contributed by atoms with E-state index in [4.69, 9.17) is 4.74 Å². The third-order valence-electron chi connectivity index (χ3n) is 4.10. The van der Waals surface area contributed by atoms with E-state index in [1.54, 1.807) is 10.9 Å². The molecule has 0 radical (unpaired) electrons. The van der Waals surface area contributed by atoms with Crippen LogP contribution >= 0.6 is 0 Å². The summed E-state index contributed by atoms with van der Waals surface area (Å²) in [6.45, 7) is -2.29. The van der Waals surface area contributed by atoms with Gasteiger partial charge in [-0.1, -0.05) is 30.3 Å². The highest BCUT2D eigenvalue weighted by molar-refractivity contribution is 5.97. The Kier molecular flexibility index (Phi) is 6.21. The van der Waals surface area contributed by atoms with Crippen molar-refractivity contribution in [2.24, 2.45) is 0 Å². The van der Waals surface area contributed by atoms with Crippen LogP contribution in [-0.2, 0) is 13.1 Å². The van der Waals surface area contributed by atoms with E-state index in [1.165, 1.54) is 25.3 Å². The van der Waals surface area contributed by atoms with Crippen LogP contribution < -0.4 is 14.8 Å². The highest BCUT2D eigenvalue weighted by atomic mass is 19.3. The number of benzene rings is 2. The minimum Gasteiger partial charge on any atom is -0.493 e. The second kappa shape index (κ2) is 8.98. The molecule has 6 nitrogen and oxygen atoms in total. The lowest BCUT2D eigenvalue weighted by Gasteiger charge is -2.15. The molecule has 3 aromatic rings. The zero-order chi connectivity index (χ0) is 19.9. The van der Waals surface area contributed by atoms with E-state index in [9.17, 15) is 13.6 Å². The Morgan fingerprint density at radius 2 is 1.93 bits per heavy atom. The molecule has 3 rings (SSSR count). The number of para-hydroxylation sites is 1. The van der Waals surface area contributed by atoms with Gasteiger partial charge in [0.1, 0.15) is 0 Å². The fraction of sp³-hybridized carbons (Fsp3) is 0.200. The number of ether oxygens (including phenoxy) is 2. The average Bonchev–Trinajstić information content (AvgIpc) is 3.20. The summed E-state index contributed by atoms with van der Waals surface area (Å²) in [6.07, 6.45) is 3.54. The van der Waals surface area contributed by atoms with Crippen LogP contribution in [0, 0.1) is 0 Å². The summed E-state index contributed by atoms with van der Waals surface area (Å²) >= 11 is 0. The highest BCUT2D eigenvalue weighted by Crippen LogP contribution is 2.32. The van der Waals surface area contributed by atoms with Gasteiger partial charge in [-0.2, -0.15) is 13.9 Å². The number of alkyl halides is 2. The number of carbonyl (C=O) groups excluding carboxylic acids is 1. The molecule has 2 aromatic carbocycles. The number of hydrogen-bond acceptors (Lipinski definition) is 4. The van der Waals surface area contributed by atoms with E-state index < -0.39 is 12.5 Å². The Morgan fingerprint density at radius 1 is 1.14 bits per heavy atom. The first-order valence-electron chi connectivity index (χ1n) is 8.52. The first kappa shape index (κ1) is 19.3. The van der Waals surface area contributed by atoms with Crippen molar-refractivity contribution in [3.8, 4) is 11.5 Å². The number of halogens is 2. The van der Waals surface area contributed by atoms with Crippen molar-refractivity contribution in [3.05, 3.63) is 77.6 Å². The van der Waals surface area contributed by atoms with Gasteiger partial charge in [-0.05, 0) is 29.3 Å². The average molecular weight is 387 g/mol. The third kappa shape index (κ3) is 4.64. The Balaban J connectivity index is 1.76. The molecule has 1 amide bonds. The van der Waals surface area contributed by atoms with Gasteiger partial charge in [0.2, 0.25) is 0 Å². The number of hydrogen-bond donors (Lipinski definition) is 1. The van der Waals surface area contributed by atoms with Crippen molar-refractivity contribution >= 4 is 5.91 Å². The Hall–Kier alpha value is -3.42. The van der Waals surface area contributed by atoms with Crippen LogP contribution in [0.15, 0.2) is 60.9 Å². The van der Waals surface area contributed by atoms with Gasteiger partial charge in [0.25, 0.3) is 5.91 Å². The third-order valence-corrected chi connectivity index (χ3v) is 4.10. The van der Waals surface area contributed by atoms with Crippen molar-refractivity contribution in [1.29, 1.82) is 0 Å². The van der Waals surface area contributed by atoms with Crippen molar-refractivity contribution in [3.63, 3.8) is 0 Å². The molecule has 0 aliphatic rings. The van der Waals surface area contributed by atoms with Gasteiger partial charge in [0.05, 0.1) is 19.2 Å². The number of nitrogens with one attached hydrogen (secondary N) is 1. The van der Waals surface area contributed by atoms with E-state index in [1.807, 2.05) is 36.5 Å². The highest BCUT2D eigenvalue weighted by Gasteiger charge is 2.20. The molecule has 0 spiro atoms. The maximum absolute atomic E-state index is 12.7. The van der Waals surface area contributed by atoms with E-state index in [-0.39, 0.29) is 23.6 Å². The molecule has 1 aromatic heterocycles. The van der Waals surface area contributed by atoms with Gasteiger partial charge in [-0.15, -0.1) is 0 Å². The summed E-state index contributed by atoms with van der Waals surface area (Å²) in [5.74, 6) is -0.766. The molecular formula is C20H19F2N3O3. The maximum atomic E-state index is 12.7. The number of amides is 1. The maximum Gasteiger partial charge on any atom is 0.387 e. The van der Waals surface area contributed by atoms with Gasteiger partial charge >= 0.3 is 6.61 Å². The minimum absolute atomic E-state index is 0.0239. The summed E-state index contributed by atoms with van der Waals surface area (Å²) in [4.78, 5) is 12.6. The zero-order valence-corrected chi connectivity index (χ0v) is 15.1. The molecule has 1 N–H and O–H groups in total. The lowest BCUT2D eigenvalue weighted by atomic mass is 10.1. The van der Waals surface area contributed by atoms with Crippen LogP contribution in [0.2, 0.25) is 0 Å². The molecule has 0 saturated carbocycles. The molecule has 0 fully saturated rings. The van der Waals surface area contributed by atoms with Crippen LogP contribution in [0.3, 0.4) is 0 Å². The van der Waals surface area contributed by atoms with Crippen LogP contribution in [0.5, 0.6) is 11.5 Å². The van der Waals surface area contributed by atoms with E-state index in [0.29, 0.717) is 6.54 Å². The molecule has 1 heterocycles.